The van der Waals surface area contributed by atoms with E-state index in [4.69, 9.17) is 0 Å². The molecule has 0 spiro atoms. The first-order valence-corrected chi connectivity index (χ1v) is 8.62. The van der Waals surface area contributed by atoms with Gasteiger partial charge in [0.05, 0.1) is 6.54 Å². The molecule has 2 aromatic heterocycles. The smallest absolute Gasteiger partial charge is 0.336 e. The molecule has 0 atom stereocenters. The zero-order valence-corrected chi connectivity index (χ0v) is 15.6. The summed E-state index contributed by atoms with van der Waals surface area (Å²) >= 11 is 0. The molecule has 0 fully saturated rings. The zero-order chi connectivity index (χ0) is 19.4. The predicted octanol–water partition coefficient (Wildman–Crippen LogP) is 2.08. The van der Waals surface area contributed by atoms with Gasteiger partial charge in [0.1, 0.15) is 0 Å². The highest BCUT2D eigenvalue weighted by molar-refractivity contribution is 5.89. The minimum atomic E-state index is -0.324. The molecule has 8 nitrogen and oxygen atoms in total. The first-order chi connectivity index (χ1) is 13.0. The maximum Gasteiger partial charge on any atom is 0.345 e. The van der Waals surface area contributed by atoms with Crippen LogP contribution in [0.3, 0.4) is 0 Å². The number of amides is 2. The van der Waals surface area contributed by atoms with Crippen LogP contribution in [0.1, 0.15) is 11.1 Å². The maximum atomic E-state index is 12.3. The van der Waals surface area contributed by atoms with Gasteiger partial charge in [0, 0.05) is 37.2 Å². The molecule has 2 amide bonds. The van der Waals surface area contributed by atoms with Crippen molar-refractivity contribution in [3.8, 4) is 11.4 Å². The van der Waals surface area contributed by atoms with Gasteiger partial charge in [0.15, 0.2) is 5.82 Å². The lowest BCUT2D eigenvalue weighted by atomic mass is 10.1. The summed E-state index contributed by atoms with van der Waals surface area (Å²) in [5.41, 5.74) is 3.52. The van der Waals surface area contributed by atoms with Crippen LogP contribution in [-0.2, 0) is 13.6 Å². The van der Waals surface area contributed by atoms with E-state index in [1.807, 2.05) is 38.1 Å². The third-order valence-electron chi connectivity index (χ3n) is 4.33. The monoisotopic (exact) mass is 366 g/mol. The lowest BCUT2D eigenvalue weighted by Gasteiger charge is -2.09. The fourth-order valence-electron chi connectivity index (χ4n) is 2.65. The average Bonchev–Trinajstić information content (AvgIpc) is 2.94. The van der Waals surface area contributed by atoms with Gasteiger partial charge in [-0.1, -0.05) is 6.07 Å². The summed E-state index contributed by atoms with van der Waals surface area (Å²) < 4.78 is 2.80. The van der Waals surface area contributed by atoms with Crippen molar-refractivity contribution in [1.29, 1.82) is 0 Å². The average molecular weight is 366 g/mol. The first-order valence-electron chi connectivity index (χ1n) is 8.62. The molecule has 3 rings (SSSR count). The number of carbonyl (C=O) groups excluding carboxylic acids is 1. The number of nitrogens with zero attached hydrogens (tertiary/aromatic N) is 4. The van der Waals surface area contributed by atoms with Crippen LogP contribution in [0, 0.1) is 13.8 Å². The van der Waals surface area contributed by atoms with E-state index in [0.29, 0.717) is 5.82 Å². The predicted molar refractivity (Wildman–Crippen MR) is 104 cm³/mol. The number of aromatic nitrogens is 4. The van der Waals surface area contributed by atoms with Crippen LogP contribution in [0.15, 0.2) is 47.5 Å². The molecule has 0 aliphatic rings. The van der Waals surface area contributed by atoms with Crippen LogP contribution in [0.2, 0.25) is 0 Å². The molecule has 0 unspecified atom stereocenters. The van der Waals surface area contributed by atoms with Crippen molar-refractivity contribution in [2.45, 2.75) is 20.4 Å². The normalized spacial score (nSPS) is 10.6. The lowest BCUT2D eigenvalue weighted by molar-refractivity contribution is 0.251. The highest BCUT2D eigenvalue weighted by Gasteiger charge is 2.12. The second kappa shape index (κ2) is 7.86. The van der Waals surface area contributed by atoms with Crippen molar-refractivity contribution < 1.29 is 4.79 Å². The molecule has 3 aromatic rings. The number of hydrogen-bond acceptors (Lipinski definition) is 4. The molecule has 140 valence electrons. The van der Waals surface area contributed by atoms with E-state index < -0.39 is 0 Å². The number of aryl methyl sites for hydroxylation is 2. The third kappa shape index (κ3) is 4.22. The molecule has 0 aliphatic heterocycles. The van der Waals surface area contributed by atoms with E-state index in [-0.39, 0.29) is 24.8 Å². The van der Waals surface area contributed by atoms with Crippen LogP contribution in [0.4, 0.5) is 10.5 Å². The quantitative estimate of drug-likeness (QED) is 0.723. The Morgan fingerprint density at radius 3 is 2.70 bits per heavy atom. The van der Waals surface area contributed by atoms with Gasteiger partial charge in [0.2, 0.25) is 0 Å². The van der Waals surface area contributed by atoms with E-state index in [2.05, 4.69) is 20.7 Å². The molecule has 8 heteroatoms. The van der Waals surface area contributed by atoms with Gasteiger partial charge in [-0.05, 0) is 49.2 Å². The third-order valence-corrected chi connectivity index (χ3v) is 4.33. The van der Waals surface area contributed by atoms with Gasteiger partial charge in [-0.15, -0.1) is 5.10 Å². The number of carbonyl (C=O) groups is 1. The van der Waals surface area contributed by atoms with Crippen LogP contribution in [-0.4, -0.2) is 31.9 Å². The molecule has 1 aromatic carbocycles. The highest BCUT2D eigenvalue weighted by atomic mass is 16.2. The Kier molecular flexibility index (Phi) is 5.35. The second-order valence-electron chi connectivity index (χ2n) is 6.31. The van der Waals surface area contributed by atoms with Crippen molar-refractivity contribution in [3.05, 3.63) is 64.3 Å². The summed E-state index contributed by atoms with van der Waals surface area (Å²) in [6.07, 6.45) is 3.32. The molecular weight excluding hydrogens is 344 g/mol. The molecule has 0 aliphatic carbocycles. The molecule has 2 N–H and O–H groups in total. The van der Waals surface area contributed by atoms with Crippen LogP contribution >= 0.6 is 0 Å². The van der Waals surface area contributed by atoms with Gasteiger partial charge in [-0.25, -0.2) is 14.3 Å². The molecule has 27 heavy (non-hydrogen) atoms. The zero-order valence-electron chi connectivity index (χ0n) is 15.6. The summed E-state index contributed by atoms with van der Waals surface area (Å²) in [6.45, 7) is 4.56. The Morgan fingerprint density at radius 1 is 1.19 bits per heavy atom. The number of nitrogens with one attached hydrogen (secondary N) is 2. The number of pyridine rings is 1. The standard InChI is InChI=1S/C19H22N6O2/c1-13-6-7-16(11-14(13)2)22-18(26)21-9-10-25-19(27)24(3)17(23-25)15-5-4-8-20-12-15/h4-8,11-12H,9-10H2,1-3H3,(H2,21,22,26). The fraction of sp³-hybridized carbons (Fsp3) is 0.263. The Morgan fingerprint density at radius 2 is 2.00 bits per heavy atom. The molecule has 0 saturated carbocycles. The number of hydrogen-bond donors (Lipinski definition) is 2. The van der Waals surface area contributed by atoms with Gasteiger partial charge >= 0.3 is 11.7 Å². The van der Waals surface area contributed by atoms with E-state index in [1.165, 1.54) is 14.8 Å². The maximum absolute atomic E-state index is 12.3. The summed E-state index contributed by atoms with van der Waals surface area (Å²) in [6, 6.07) is 9.03. The molecular formula is C19H22N6O2. The van der Waals surface area contributed by atoms with Gasteiger partial charge < -0.3 is 10.6 Å². The van der Waals surface area contributed by atoms with Crippen molar-refractivity contribution >= 4 is 11.7 Å². The summed E-state index contributed by atoms with van der Waals surface area (Å²) in [5, 5.41) is 9.86. The van der Waals surface area contributed by atoms with Crippen LogP contribution in [0.25, 0.3) is 11.4 Å². The summed E-state index contributed by atoms with van der Waals surface area (Å²) in [4.78, 5) is 28.4. The first kappa shape index (κ1) is 18.4. The van der Waals surface area contributed by atoms with E-state index in [1.54, 1.807) is 25.5 Å². The van der Waals surface area contributed by atoms with E-state index in [0.717, 1.165) is 16.8 Å². The summed E-state index contributed by atoms with van der Waals surface area (Å²) in [7, 11) is 1.66. The fourth-order valence-corrected chi connectivity index (χ4v) is 2.65. The van der Waals surface area contributed by atoms with Gasteiger partial charge in [0.25, 0.3) is 0 Å². The number of rotatable bonds is 5. The minimum Gasteiger partial charge on any atom is -0.336 e. The van der Waals surface area contributed by atoms with Crippen LogP contribution < -0.4 is 16.3 Å². The molecule has 0 radical (unpaired) electrons. The van der Waals surface area contributed by atoms with E-state index in [9.17, 15) is 9.59 Å². The van der Waals surface area contributed by atoms with Crippen molar-refractivity contribution in [3.63, 3.8) is 0 Å². The Bertz CT molecular complexity index is 1010. The molecule has 0 bridgehead atoms. The van der Waals surface area contributed by atoms with Crippen molar-refractivity contribution in [1.82, 2.24) is 24.6 Å². The van der Waals surface area contributed by atoms with Gasteiger partial charge in [-0.3, -0.25) is 9.55 Å². The van der Waals surface area contributed by atoms with E-state index >= 15 is 0 Å². The van der Waals surface area contributed by atoms with Gasteiger partial charge in [-0.2, -0.15) is 0 Å². The number of urea groups is 1. The summed E-state index contributed by atoms with van der Waals surface area (Å²) in [5.74, 6) is 0.535. The Hall–Kier alpha value is -3.42. The second-order valence-corrected chi connectivity index (χ2v) is 6.31. The number of anilines is 1. The highest BCUT2D eigenvalue weighted by Crippen LogP contribution is 2.14. The van der Waals surface area contributed by atoms with Crippen molar-refractivity contribution in [2.75, 3.05) is 11.9 Å². The Balaban J connectivity index is 1.60. The minimum absolute atomic E-state index is 0.245. The molecule has 0 saturated heterocycles. The SMILES string of the molecule is Cc1ccc(NC(=O)NCCn2nc(-c3cccnc3)n(C)c2=O)cc1C. The number of benzene rings is 1. The lowest BCUT2D eigenvalue weighted by Crippen LogP contribution is -2.34. The van der Waals surface area contributed by atoms with Crippen LogP contribution in [0.5, 0.6) is 0 Å². The largest absolute Gasteiger partial charge is 0.345 e. The molecule has 2 heterocycles. The van der Waals surface area contributed by atoms with Crippen molar-refractivity contribution in [2.24, 2.45) is 7.05 Å². The topological polar surface area (TPSA) is 93.8 Å². The Labute approximate surface area is 156 Å².